The Kier molecular flexibility index (Phi) is 20.0. The standard InChI is InChI=1S/C41H54N2O2.2C7H7.Zr/c1-26(2)34-15-12-16-35(27(3)4)39(34)37-24-29(6)22-33(41(37)45)25-43(20-19-42(9)10)18-17-32-21-28(5)23-36(40(32)44)38-30(7)13-11-14-31(38)8;2*1-7-5-3-2-4-6-7;/h11-16,21-24,26-27,44-45H,17-20,25H2,1-10H3;2*2-6H,1H2;/q;2*-1;+4. The van der Waals surface area contributed by atoms with Crippen molar-refractivity contribution < 1.29 is 36.4 Å². The summed E-state index contributed by atoms with van der Waals surface area (Å²) in [6, 6.07) is 41.1. The summed E-state index contributed by atoms with van der Waals surface area (Å²) in [6.45, 7) is 28.0. The van der Waals surface area contributed by atoms with Gasteiger partial charge < -0.3 is 15.1 Å². The average Bonchev–Trinajstić information content (AvgIpc) is 3.19. The molecule has 4 nitrogen and oxygen atoms in total. The van der Waals surface area contributed by atoms with Crippen LogP contribution in [-0.4, -0.2) is 53.7 Å². The van der Waals surface area contributed by atoms with Gasteiger partial charge in [0.1, 0.15) is 11.5 Å². The predicted octanol–water partition coefficient (Wildman–Crippen LogP) is 13.3. The Hall–Kier alpha value is -4.54. The topological polar surface area (TPSA) is 46.9 Å². The number of rotatable bonds is 12. The largest absolute Gasteiger partial charge is 4.00 e. The molecule has 5 heteroatoms. The minimum atomic E-state index is 0. The van der Waals surface area contributed by atoms with E-state index in [1.165, 1.54) is 27.8 Å². The minimum Gasteiger partial charge on any atom is -0.507 e. The molecule has 0 bridgehead atoms. The fourth-order valence-corrected chi connectivity index (χ4v) is 7.59. The van der Waals surface area contributed by atoms with Gasteiger partial charge in [-0.1, -0.05) is 88.4 Å². The molecule has 312 valence electrons. The molecule has 0 heterocycles. The second-order valence-corrected chi connectivity index (χ2v) is 16.8. The Morgan fingerprint density at radius 2 is 0.950 bits per heavy atom. The zero-order valence-corrected chi connectivity index (χ0v) is 40.4. The summed E-state index contributed by atoms with van der Waals surface area (Å²) in [5.41, 5.74) is 15.3. The van der Waals surface area contributed by atoms with E-state index in [1.807, 2.05) is 60.7 Å². The van der Waals surface area contributed by atoms with E-state index in [4.69, 9.17) is 0 Å². The summed E-state index contributed by atoms with van der Waals surface area (Å²) in [5.74, 6) is 1.43. The first-order chi connectivity index (χ1) is 28.1. The molecular formula is C55H68N2O2Zr+2. The van der Waals surface area contributed by atoms with Crippen LogP contribution in [0.1, 0.15) is 95.2 Å². The second-order valence-electron chi connectivity index (χ2n) is 16.8. The molecule has 6 aromatic rings. The monoisotopic (exact) mass is 878 g/mol. The van der Waals surface area contributed by atoms with Gasteiger partial charge in [-0.25, -0.2) is 0 Å². The molecule has 6 aromatic carbocycles. The minimum absolute atomic E-state index is 0. The molecule has 0 fully saturated rings. The van der Waals surface area contributed by atoms with Crippen molar-refractivity contribution in [3.63, 3.8) is 0 Å². The maximum atomic E-state index is 11.9. The molecule has 0 saturated heterocycles. The first-order valence-electron chi connectivity index (χ1n) is 21.0. The molecule has 0 amide bonds. The second kappa shape index (κ2) is 24.0. The van der Waals surface area contributed by atoms with Crippen molar-refractivity contribution in [3.8, 4) is 33.8 Å². The number of aryl methyl sites for hydroxylation is 4. The van der Waals surface area contributed by atoms with E-state index in [1.54, 1.807) is 0 Å². The Morgan fingerprint density at radius 1 is 0.517 bits per heavy atom. The Labute approximate surface area is 382 Å². The van der Waals surface area contributed by atoms with E-state index in [9.17, 15) is 10.2 Å². The van der Waals surface area contributed by atoms with Crippen molar-refractivity contribution in [2.75, 3.05) is 33.7 Å². The fourth-order valence-electron chi connectivity index (χ4n) is 7.59. The van der Waals surface area contributed by atoms with E-state index in [0.29, 0.717) is 36.3 Å². The number of aromatic hydroxyl groups is 2. The average molecular weight is 880 g/mol. The number of phenolic OH excluding ortho intramolecular Hbond substituents is 2. The van der Waals surface area contributed by atoms with Gasteiger partial charge in [0.2, 0.25) is 0 Å². The summed E-state index contributed by atoms with van der Waals surface area (Å²) >= 11 is 0. The van der Waals surface area contributed by atoms with E-state index in [-0.39, 0.29) is 26.2 Å². The summed E-state index contributed by atoms with van der Waals surface area (Å²) in [6.07, 6.45) is 0.714. The van der Waals surface area contributed by atoms with Crippen molar-refractivity contribution in [2.24, 2.45) is 0 Å². The third-order valence-corrected chi connectivity index (χ3v) is 10.7. The van der Waals surface area contributed by atoms with Crippen molar-refractivity contribution >= 4 is 0 Å². The molecule has 6 rings (SSSR count). The van der Waals surface area contributed by atoms with Crippen molar-refractivity contribution in [2.45, 2.75) is 80.2 Å². The van der Waals surface area contributed by atoms with Crippen molar-refractivity contribution in [1.29, 1.82) is 0 Å². The molecule has 0 aliphatic rings. The molecule has 0 radical (unpaired) electrons. The summed E-state index contributed by atoms with van der Waals surface area (Å²) in [7, 11) is 4.19. The Bertz CT molecular complexity index is 2140. The van der Waals surface area contributed by atoms with Crippen molar-refractivity contribution in [1.82, 2.24) is 9.80 Å². The van der Waals surface area contributed by atoms with Gasteiger partial charge in [0.25, 0.3) is 0 Å². The maximum Gasteiger partial charge on any atom is 4.00 e. The number of benzene rings is 6. The zero-order chi connectivity index (χ0) is 43.2. The number of phenols is 2. The molecule has 2 N–H and O–H groups in total. The van der Waals surface area contributed by atoms with Crippen LogP contribution >= 0.6 is 0 Å². The molecule has 0 unspecified atom stereocenters. The normalized spacial score (nSPS) is 10.9. The predicted molar refractivity (Wildman–Crippen MR) is 254 cm³/mol. The van der Waals surface area contributed by atoms with Crippen LogP contribution in [-0.2, 0) is 39.2 Å². The van der Waals surface area contributed by atoms with Crippen LogP contribution in [0.15, 0.2) is 121 Å². The third kappa shape index (κ3) is 14.3. The van der Waals surface area contributed by atoms with Gasteiger partial charge in [-0.15, -0.1) is 24.3 Å². The van der Waals surface area contributed by atoms with Crippen molar-refractivity contribution in [3.05, 3.63) is 191 Å². The van der Waals surface area contributed by atoms with E-state index in [0.717, 1.165) is 69.7 Å². The number of nitrogens with zero attached hydrogens (tertiary/aromatic N) is 2. The van der Waals surface area contributed by atoms with E-state index < -0.39 is 0 Å². The summed E-state index contributed by atoms with van der Waals surface area (Å²) < 4.78 is 0. The van der Waals surface area contributed by atoms with Gasteiger partial charge in [0, 0.05) is 42.9 Å². The number of hydrogen-bond donors (Lipinski definition) is 2. The van der Waals surface area contributed by atoms with Gasteiger partial charge in [-0.2, -0.15) is 49.2 Å². The van der Waals surface area contributed by atoms with Crippen LogP contribution in [0.25, 0.3) is 22.3 Å². The van der Waals surface area contributed by atoms with E-state index in [2.05, 4.69) is 154 Å². The quantitative estimate of drug-likeness (QED) is 0.120. The van der Waals surface area contributed by atoms with Crippen LogP contribution < -0.4 is 0 Å². The van der Waals surface area contributed by atoms with Crippen LogP contribution in [0.4, 0.5) is 0 Å². The molecule has 0 aromatic heterocycles. The van der Waals surface area contributed by atoms with Crippen LogP contribution in [0.5, 0.6) is 11.5 Å². The molecule has 0 saturated carbocycles. The van der Waals surface area contributed by atoms with Gasteiger partial charge in [0.15, 0.2) is 0 Å². The first kappa shape index (κ1) is 49.8. The molecule has 0 atom stereocenters. The number of hydrogen-bond acceptors (Lipinski definition) is 4. The number of likely N-dealkylation sites (N-methyl/N-ethyl adjacent to an activating group) is 1. The van der Waals surface area contributed by atoms with Gasteiger partial charge in [-0.3, -0.25) is 4.90 Å². The Balaban J connectivity index is 0.000000537. The maximum absolute atomic E-state index is 11.9. The fraction of sp³-hybridized carbons (Fsp3) is 0.309. The third-order valence-electron chi connectivity index (χ3n) is 10.7. The Morgan fingerprint density at radius 3 is 1.38 bits per heavy atom. The van der Waals surface area contributed by atoms with Gasteiger partial charge >= 0.3 is 26.2 Å². The SMILES string of the molecule is Cc1cc(CCN(CCN(C)C)Cc2cc(C)cc(-c3c(C(C)C)cccc3C(C)C)c2O)c(O)c(-c2c(C)cccc2C)c1.[CH2-]c1ccccc1.[CH2-]c1ccccc1.[Zr+4]. The molecule has 60 heavy (non-hydrogen) atoms. The van der Waals surface area contributed by atoms with Crippen LogP contribution in [0.3, 0.4) is 0 Å². The summed E-state index contributed by atoms with van der Waals surface area (Å²) in [4.78, 5) is 4.61. The van der Waals surface area contributed by atoms with Crippen LogP contribution in [0, 0.1) is 41.5 Å². The van der Waals surface area contributed by atoms with E-state index >= 15 is 0 Å². The molecule has 0 aliphatic carbocycles. The molecule has 0 spiro atoms. The molecule has 0 aliphatic heterocycles. The first-order valence-corrected chi connectivity index (χ1v) is 21.0. The van der Waals surface area contributed by atoms with Gasteiger partial charge in [0.05, 0.1) is 0 Å². The smallest absolute Gasteiger partial charge is 0.507 e. The van der Waals surface area contributed by atoms with Crippen LogP contribution in [0.2, 0.25) is 0 Å². The summed E-state index contributed by atoms with van der Waals surface area (Å²) in [5, 5.41) is 23.5. The zero-order valence-electron chi connectivity index (χ0n) is 37.9. The molecular weight excluding hydrogens is 812 g/mol. The van der Waals surface area contributed by atoms with Gasteiger partial charge in [-0.05, 0) is 122 Å².